The van der Waals surface area contributed by atoms with E-state index in [1.807, 2.05) is 0 Å². The Morgan fingerprint density at radius 1 is 1.23 bits per heavy atom. The average Bonchev–Trinajstić information content (AvgIpc) is 2.04. The van der Waals surface area contributed by atoms with Gasteiger partial charge in [0.25, 0.3) is 0 Å². The summed E-state index contributed by atoms with van der Waals surface area (Å²) in [5.74, 6) is -1.21. The van der Waals surface area contributed by atoms with E-state index in [1.165, 1.54) is 24.3 Å². The van der Waals surface area contributed by atoms with E-state index in [1.54, 1.807) is 0 Å². The Bertz CT molecular complexity index is 378. The summed E-state index contributed by atoms with van der Waals surface area (Å²) in [4.78, 5) is 10.5. The number of hydrogen-bond acceptors (Lipinski definition) is 4. The molecule has 1 aromatic rings. The second kappa shape index (κ2) is 4.87. The topological polar surface area (TPSA) is 106 Å². The molecule has 0 amide bonds. The Balaban J connectivity index is 0.00000144. The van der Waals surface area contributed by atoms with Crippen molar-refractivity contribution in [1.82, 2.24) is 6.15 Å². The van der Waals surface area contributed by atoms with Gasteiger partial charge in [-0.25, -0.2) is 10.9 Å². The van der Waals surface area contributed by atoms with Gasteiger partial charge in [0.2, 0.25) is 0 Å². The van der Waals surface area contributed by atoms with Crippen LogP contribution in [0.3, 0.4) is 0 Å². The Kier molecular flexibility index (Phi) is 4.49. The molecule has 1 rings (SSSR count). The van der Waals surface area contributed by atoms with E-state index in [9.17, 15) is 10.9 Å². The molecule has 0 aliphatic rings. The molecule has 0 bridgehead atoms. The van der Waals surface area contributed by atoms with E-state index in [0.717, 1.165) is 0 Å². The third-order valence-corrected chi connectivity index (χ3v) is 3.16. The Morgan fingerprint density at radius 3 is 2.15 bits per heavy atom. The van der Waals surface area contributed by atoms with E-state index >= 15 is 0 Å². The SMILES string of the molecule is N.O=C(O)c1ccccc1I(=O)=O. The van der Waals surface area contributed by atoms with Crippen LogP contribution in [-0.4, -0.2) is 11.1 Å². The maximum Gasteiger partial charge on any atom is 0.341 e. The molecular weight excluding hydrogens is 289 g/mol. The van der Waals surface area contributed by atoms with Crippen molar-refractivity contribution >= 4 is 25.8 Å². The molecular formula is C7H8INO4. The number of aromatic carboxylic acids is 1. The smallest absolute Gasteiger partial charge is 0.341 e. The summed E-state index contributed by atoms with van der Waals surface area (Å²) in [5, 5.41) is 8.56. The maximum absolute atomic E-state index is 10.6. The number of carboxylic acid groups (broad SMARTS) is 1. The first-order valence-corrected chi connectivity index (χ1v) is 5.84. The third-order valence-electron chi connectivity index (χ3n) is 1.27. The van der Waals surface area contributed by atoms with E-state index in [2.05, 4.69) is 0 Å². The van der Waals surface area contributed by atoms with Gasteiger partial charge in [-0.1, -0.05) is 12.1 Å². The number of hydrogen-bond donors (Lipinski definition) is 2. The Morgan fingerprint density at radius 2 is 1.77 bits per heavy atom. The summed E-state index contributed by atoms with van der Waals surface area (Å²) >= 11 is -3.67. The van der Waals surface area contributed by atoms with Gasteiger partial charge in [0.05, 0.1) is 9.13 Å². The van der Waals surface area contributed by atoms with Crippen molar-refractivity contribution in [1.29, 1.82) is 0 Å². The van der Waals surface area contributed by atoms with Crippen molar-refractivity contribution in [2.45, 2.75) is 0 Å². The van der Waals surface area contributed by atoms with Gasteiger partial charge in [-0.3, -0.25) is 0 Å². The molecule has 0 aliphatic carbocycles. The van der Waals surface area contributed by atoms with Gasteiger partial charge in [0.1, 0.15) is 0 Å². The van der Waals surface area contributed by atoms with Crippen LogP contribution in [0.15, 0.2) is 24.3 Å². The van der Waals surface area contributed by atoms with Crippen LogP contribution in [0.25, 0.3) is 0 Å². The zero-order valence-corrected chi connectivity index (χ0v) is 8.72. The van der Waals surface area contributed by atoms with Gasteiger partial charge in [-0.2, -0.15) is 0 Å². The molecule has 0 radical (unpaired) electrons. The molecule has 72 valence electrons. The summed E-state index contributed by atoms with van der Waals surface area (Å²) < 4.78 is 21.1. The highest BCUT2D eigenvalue weighted by molar-refractivity contribution is 14.2. The zero-order chi connectivity index (χ0) is 9.14. The van der Waals surface area contributed by atoms with Crippen molar-refractivity contribution in [2.75, 3.05) is 0 Å². The van der Waals surface area contributed by atoms with Crippen molar-refractivity contribution < 1.29 is 16.0 Å². The molecule has 0 saturated heterocycles. The van der Waals surface area contributed by atoms with Crippen molar-refractivity contribution in [3.05, 3.63) is 33.4 Å². The van der Waals surface area contributed by atoms with E-state index in [-0.39, 0.29) is 15.3 Å². The standard InChI is InChI=1S/C7H5IO4.H3N/c9-7(10)5-3-1-2-4-6(5)8(11)12;/h1-4H,(H,9,10);1H3. The summed E-state index contributed by atoms with van der Waals surface area (Å²) in [7, 11) is 0. The minimum Gasteiger partial charge on any atom is -0.478 e. The predicted molar refractivity (Wildman–Crippen MR) is 52.5 cm³/mol. The fourth-order valence-electron chi connectivity index (χ4n) is 0.769. The molecule has 4 N–H and O–H groups in total. The van der Waals surface area contributed by atoms with Crippen LogP contribution in [0.2, 0.25) is 0 Å². The lowest BCUT2D eigenvalue weighted by atomic mass is 10.2. The molecule has 0 spiro atoms. The largest absolute Gasteiger partial charge is 0.478 e. The monoisotopic (exact) mass is 297 g/mol. The molecule has 6 heteroatoms. The first-order chi connectivity index (χ1) is 5.63. The summed E-state index contributed by atoms with van der Waals surface area (Å²) in [6.07, 6.45) is 0. The average molecular weight is 297 g/mol. The van der Waals surface area contributed by atoms with E-state index < -0.39 is 25.8 Å². The molecule has 1 aromatic carbocycles. The Labute approximate surface area is 81.5 Å². The number of carboxylic acids is 1. The zero-order valence-electron chi connectivity index (χ0n) is 6.57. The highest BCUT2D eigenvalue weighted by Crippen LogP contribution is 2.20. The van der Waals surface area contributed by atoms with Crippen LogP contribution < -0.4 is 6.15 Å². The summed E-state index contributed by atoms with van der Waals surface area (Å²) in [6.45, 7) is 0. The van der Waals surface area contributed by atoms with Gasteiger partial charge in [-0.05, 0) is 12.1 Å². The van der Waals surface area contributed by atoms with Gasteiger partial charge in [-0.15, -0.1) is 0 Å². The summed E-state index contributed by atoms with van der Waals surface area (Å²) in [5.41, 5.74) is -0.146. The van der Waals surface area contributed by atoms with Crippen LogP contribution in [0.5, 0.6) is 0 Å². The Hall–Kier alpha value is -1.02. The number of rotatable bonds is 2. The quantitative estimate of drug-likeness (QED) is 0.811. The van der Waals surface area contributed by atoms with Gasteiger partial charge in [0, 0.05) is 0 Å². The van der Waals surface area contributed by atoms with Crippen LogP contribution >= 0.6 is 19.8 Å². The first-order valence-electron chi connectivity index (χ1n) is 3.00. The highest BCUT2D eigenvalue weighted by Gasteiger charge is 2.11. The molecule has 0 fully saturated rings. The number of carbonyl (C=O) groups is 1. The summed E-state index contributed by atoms with van der Waals surface area (Å²) in [6, 6.07) is 5.57. The second-order valence-electron chi connectivity index (χ2n) is 2.00. The van der Waals surface area contributed by atoms with E-state index in [0.29, 0.717) is 0 Å². The van der Waals surface area contributed by atoms with Crippen LogP contribution in [-0.2, 0) is 6.14 Å². The normalized spacial score (nSPS) is 9.31. The third kappa shape index (κ3) is 2.74. The lowest BCUT2D eigenvalue weighted by molar-refractivity contribution is 0.0695. The lowest BCUT2D eigenvalue weighted by Crippen LogP contribution is -1.98. The van der Waals surface area contributed by atoms with Crippen molar-refractivity contribution in [3.63, 3.8) is 0 Å². The van der Waals surface area contributed by atoms with Gasteiger partial charge in [0.15, 0.2) is 0 Å². The minimum absolute atomic E-state index is 0. The van der Waals surface area contributed by atoms with Crippen LogP contribution in [0, 0.1) is 3.57 Å². The molecule has 13 heavy (non-hydrogen) atoms. The second-order valence-corrected chi connectivity index (χ2v) is 4.40. The van der Waals surface area contributed by atoms with Crippen LogP contribution in [0.4, 0.5) is 0 Å². The predicted octanol–water partition coefficient (Wildman–Crippen LogP) is 1.91. The molecule has 0 unspecified atom stereocenters. The van der Waals surface area contributed by atoms with Crippen molar-refractivity contribution in [3.8, 4) is 0 Å². The first kappa shape index (κ1) is 12.0. The molecule has 5 nitrogen and oxygen atoms in total. The molecule has 0 aliphatic heterocycles. The molecule has 0 heterocycles. The van der Waals surface area contributed by atoms with Crippen molar-refractivity contribution in [2.24, 2.45) is 0 Å². The fourth-order valence-corrected chi connectivity index (χ4v) is 2.16. The molecule has 0 saturated carbocycles. The fraction of sp³-hybridized carbons (Fsp3) is 0. The molecule has 0 aromatic heterocycles. The molecule has 0 atom stereocenters. The minimum atomic E-state index is -3.67. The van der Waals surface area contributed by atoms with Gasteiger partial charge < -0.3 is 11.3 Å². The lowest BCUT2D eigenvalue weighted by Gasteiger charge is -1.94. The van der Waals surface area contributed by atoms with Gasteiger partial charge >= 0.3 is 25.8 Å². The number of benzene rings is 1. The highest BCUT2D eigenvalue weighted by atomic mass is 127. The number of halogens is 1. The van der Waals surface area contributed by atoms with Crippen LogP contribution in [0.1, 0.15) is 10.4 Å². The van der Waals surface area contributed by atoms with E-state index in [4.69, 9.17) is 5.11 Å². The maximum atomic E-state index is 10.6.